The van der Waals surface area contributed by atoms with Crippen LogP contribution >= 0.6 is 0 Å². The van der Waals surface area contributed by atoms with Crippen molar-refractivity contribution in [2.24, 2.45) is 0 Å². The number of carbonyl (C=O) groups excluding carboxylic acids is 2. The number of para-hydroxylation sites is 1. The lowest BCUT2D eigenvalue weighted by Gasteiger charge is -2.40. The van der Waals surface area contributed by atoms with E-state index in [1.807, 2.05) is 48.2 Å². The summed E-state index contributed by atoms with van der Waals surface area (Å²) in [5.74, 6) is 0.943. The van der Waals surface area contributed by atoms with Gasteiger partial charge in [-0.05, 0) is 43.0 Å². The molecule has 1 fully saturated rings. The van der Waals surface area contributed by atoms with Gasteiger partial charge in [0.15, 0.2) is 0 Å². The summed E-state index contributed by atoms with van der Waals surface area (Å²) in [4.78, 5) is 32.5. The Morgan fingerprint density at radius 1 is 1.03 bits per heavy atom. The molecule has 31 heavy (non-hydrogen) atoms. The number of nitrogens with zero attached hydrogens (tertiary/aromatic N) is 3. The zero-order valence-electron chi connectivity index (χ0n) is 18.4. The Hall–Kier alpha value is -3.02. The molecule has 0 spiro atoms. The van der Waals surface area contributed by atoms with Gasteiger partial charge in [0.05, 0.1) is 7.11 Å². The molecule has 2 amide bonds. The number of anilines is 2. The number of hydrogen-bond donors (Lipinski definition) is 0. The molecule has 6 heteroatoms. The van der Waals surface area contributed by atoms with Crippen molar-refractivity contribution in [3.8, 4) is 5.75 Å². The number of amides is 2. The molecule has 4 rings (SSSR count). The predicted molar refractivity (Wildman–Crippen MR) is 123 cm³/mol. The second kappa shape index (κ2) is 9.41. The fraction of sp³-hybridized carbons (Fsp3) is 0.440. The molecular weight excluding hydrogens is 390 g/mol. The SMILES string of the molecule is CCC(C(=O)N1CCN(c2cccc(OC)c2)CC1)N1C(=O)CCCc2ccccc21. The van der Waals surface area contributed by atoms with Gasteiger partial charge in [-0.3, -0.25) is 14.5 Å². The largest absolute Gasteiger partial charge is 0.497 e. The number of methoxy groups -OCH3 is 1. The van der Waals surface area contributed by atoms with Crippen LogP contribution in [0.15, 0.2) is 48.5 Å². The standard InChI is InChI=1S/C25H31N3O3/c1-3-22(28-23-12-5-4-8-19(23)9-6-13-24(28)29)25(30)27-16-14-26(15-17-27)20-10-7-11-21(18-20)31-2/h4-5,7-8,10-12,18,22H,3,6,9,13-17H2,1-2H3. The maximum absolute atomic E-state index is 13.5. The van der Waals surface area contributed by atoms with E-state index < -0.39 is 6.04 Å². The Labute approximate surface area is 184 Å². The highest BCUT2D eigenvalue weighted by molar-refractivity contribution is 6.01. The zero-order chi connectivity index (χ0) is 21.8. The number of aryl methyl sites for hydroxylation is 1. The maximum atomic E-state index is 13.5. The molecule has 6 nitrogen and oxygen atoms in total. The summed E-state index contributed by atoms with van der Waals surface area (Å²) in [6.07, 6.45) is 2.80. The van der Waals surface area contributed by atoms with Crippen molar-refractivity contribution in [3.63, 3.8) is 0 Å². The first kappa shape index (κ1) is 21.2. The second-order valence-corrected chi connectivity index (χ2v) is 8.18. The Balaban J connectivity index is 1.49. The molecule has 0 bridgehead atoms. The van der Waals surface area contributed by atoms with Crippen molar-refractivity contribution in [1.82, 2.24) is 4.90 Å². The van der Waals surface area contributed by atoms with Crippen LogP contribution in [0.3, 0.4) is 0 Å². The van der Waals surface area contributed by atoms with Gasteiger partial charge in [0, 0.05) is 50.0 Å². The van der Waals surface area contributed by atoms with Gasteiger partial charge in [0.1, 0.15) is 11.8 Å². The van der Waals surface area contributed by atoms with Gasteiger partial charge >= 0.3 is 0 Å². The van der Waals surface area contributed by atoms with Crippen LogP contribution in [0, 0.1) is 0 Å². The number of rotatable bonds is 5. The van der Waals surface area contributed by atoms with E-state index in [0.29, 0.717) is 25.9 Å². The lowest BCUT2D eigenvalue weighted by molar-refractivity contribution is -0.135. The van der Waals surface area contributed by atoms with Crippen molar-refractivity contribution >= 4 is 23.2 Å². The highest BCUT2D eigenvalue weighted by Gasteiger charge is 2.35. The third-order valence-corrected chi connectivity index (χ3v) is 6.35. The van der Waals surface area contributed by atoms with E-state index in [4.69, 9.17) is 4.74 Å². The summed E-state index contributed by atoms with van der Waals surface area (Å²) in [6, 6.07) is 15.6. The second-order valence-electron chi connectivity index (χ2n) is 8.18. The first-order chi connectivity index (χ1) is 15.1. The van der Waals surface area contributed by atoms with Crippen LogP contribution in [0.1, 0.15) is 31.7 Å². The molecule has 0 N–H and O–H groups in total. The summed E-state index contributed by atoms with van der Waals surface area (Å²) in [7, 11) is 1.67. The van der Waals surface area contributed by atoms with Crippen LogP contribution in [-0.4, -0.2) is 56.0 Å². The normalized spacial score (nSPS) is 17.7. The summed E-state index contributed by atoms with van der Waals surface area (Å²) in [6.45, 7) is 4.82. The predicted octanol–water partition coefficient (Wildman–Crippen LogP) is 3.49. The molecule has 2 aliphatic heterocycles. The fourth-order valence-electron chi connectivity index (χ4n) is 4.65. The van der Waals surface area contributed by atoms with Gasteiger partial charge in [0.2, 0.25) is 11.8 Å². The van der Waals surface area contributed by atoms with E-state index in [9.17, 15) is 9.59 Å². The number of fused-ring (bicyclic) bond motifs is 1. The minimum atomic E-state index is -0.449. The number of hydrogen-bond acceptors (Lipinski definition) is 4. The van der Waals surface area contributed by atoms with E-state index >= 15 is 0 Å². The Kier molecular flexibility index (Phi) is 6.44. The Morgan fingerprint density at radius 2 is 1.81 bits per heavy atom. The molecule has 1 atom stereocenters. The maximum Gasteiger partial charge on any atom is 0.245 e. The number of benzene rings is 2. The Bertz CT molecular complexity index is 937. The van der Waals surface area contributed by atoms with E-state index in [0.717, 1.165) is 48.6 Å². The molecule has 1 saturated heterocycles. The van der Waals surface area contributed by atoms with Crippen molar-refractivity contribution < 1.29 is 14.3 Å². The molecular formula is C25H31N3O3. The average molecular weight is 422 g/mol. The molecule has 0 saturated carbocycles. The minimum Gasteiger partial charge on any atom is -0.497 e. The first-order valence-electron chi connectivity index (χ1n) is 11.2. The van der Waals surface area contributed by atoms with Crippen molar-refractivity contribution in [2.75, 3.05) is 43.1 Å². The minimum absolute atomic E-state index is 0.0536. The van der Waals surface area contributed by atoms with E-state index in [1.165, 1.54) is 0 Å². The van der Waals surface area contributed by atoms with Gasteiger partial charge < -0.3 is 14.5 Å². The topological polar surface area (TPSA) is 53.1 Å². The van der Waals surface area contributed by atoms with E-state index in [1.54, 1.807) is 12.0 Å². The lowest BCUT2D eigenvalue weighted by Crippen LogP contribution is -2.56. The van der Waals surface area contributed by atoms with Gasteiger partial charge in [-0.2, -0.15) is 0 Å². The first-order valence-corrected chi connectivity index (χ1v) is 11.2. The van der Waals surface area contributed by atoms with Crippen molar-refractivity contribution in [3.05, 3.63) is 54.1 Å². The highest BCUT2D eigenvalue weighted by Crippen LogP contribution is 2.30. The highest BCUT2D eigenvalue weighted by atomic mass is 16.5. The van der Waals surface area contributed by atoms with Crippen LogP contribution in [0.5, 0.6) is 5.75 Å². The molecule has 1 unspecified atom stereocenters. The molecule has 2 aromatic carbocycles. The molecule has 164 valence electrons. The van der Waals surface area contributed by atoms with Crippen LogP contribution in [0.2, 0.25) is 0 Å². The molecule has 2 heterocycles. The van der Waals surface area contributed by atoms with Crippen LogP contribution < -0.4 is 14.5 Å². The monoisotopic (exact) mass is 421 g/mol. The Morgan fingerprint density at radius 3 is 2.55 bits per heavy atom. The average Bonchev–Trinajstić information content (AvgIpc) is 2.98. The third kappa shape index (κ3) is 4.38. The molecule has 2 aliphatic rings. The van der Waals surface area contributed by atoms with E-state index in [2.05, 4.69) is 17.0 Å². The van der Waals surface area contributed by atoms with Gasteiger partial charge in [-0.1, -0.05) is 31.2 Å². The van der Waals surface area contributed by atoms with Crippen LogP contribution in [0.4, 0.5) is 11.4 Å². The van der Waals surface area contributed by atoms with Gasteiger partial charge in [-0.25, -0.2) is 0 Å². The quantitative estimate of drug-likeness (QED) is 0.742. The lowest BCUT2D eigenvalue weighted by atomic mass is 10.1. The smallest absolute Gasteiger partial charge is 0.245 e. The van der Waals surface area contributed by atoms with Crippen LogP contribution in [-0.2, 0) is 16.0 Å². The summed E-state index contributed by atoms with van der Waals surface area (Å²) >= 11 is 0. The summed E-state index contributed by atoms with van der Waals surface area (Å²) < 4.78 is 5.34. The van der Waals surface area contributed by atoms with Gasteiger partial charge in [0.25, 0.3) is 0 Å². The van der Waals surface area contributed by atoms with E-state index in [-0.39, 0.29) is 11.8 Å². The summed E-state index contributed by atoms with van der Waals surface area (Å²) in [5, 5.41) is 0. The molecule has 0 aliphatic carbocycles. The number of piperazine rings is 1. The fourth-order valence-corrected chi connectivity index (χ4v) is 4.65. The third-order valence-electron chi connectivity index (χ3n) is 6.35. The molecule has 2 aromatic rings. The number of carbonyl (C=O) groups is 2. The van der Waals surface area contributed by atoms with Crippen molar-refractivity contribution in [1.29, 1.82) is 0 Å². The molecule has 0 aromatic heterocycles. The molecule has 0 radical (unpaired) electrons. The van der Waals surface area contributed by atoms with Gasteiger partial charge in [-0.15, -0.1) is 0 Å². The number of ether oxygens (including phenoxy) is 1. The zero-order valence-corrected chi connectivity index (χ0v) is 18.4. The van der Waals surface area contributed by atoms with Crippen LogP contribution in [0.25, 0.3) is 0 Å². The summed E-state index contributed by atoms with van der Waals surface area (Å²) in [5.41, 5.74) is 3.16. The van der Waals surface area contributed by atoms with Crippen molar-refractivity contribution in [2.45, 2.75) is 38.6 Å².